The van der Waals surface area contributed by atoms with Crippen molar-refractivity contribution in [1.82, 2.24) is 0 Å². The van der Waals surface area contributed by atoms with Crippen LogP contribution in [0.25, 0.3) is 0 Å². The summed E-state index contributed by atoms with van der Waals surface area (Å²) in [5.41, 5.74) is 0. The molecule has 0 heterocycles. The second-order valence-electron chi connectivity index (χ2n) is 4.36. The predicted molar refractivity (Wildman–Crippen MR) is 72.1 cm³/mol. The van der Waals surface area contributed by atoms with Crippen molar-refractivity contribution in [2.75, 3.05) is 0 Å². The van der Waals surface area contributed by atoms with Crippen molar-refractivity contribution >= 4 is 28.4 Å². The third-order valence-corrected chi connectivity index (χ3v) is 4.80. The lowest BCUT2D eigenvalue weighted by molar-refractivity contribution is -0.120. The van der Waals surface area contributed by atoms with Gasteiger partial charge in [0.2, 0.25) is 0 Å². The largest absolute Gasteiger partial charge is 0.298 e. The fourth-order valence-electron chi connectivity index (χ4n) is 2.13. The molecule has 0 saturated heterocycles. The van der Waals surface area contributed by atoms with E-state index in [4.69, 9.17) is 6.42 Å². The SMILES string of the molecule is C#CCCCCC1(I)CCCCCC1=O. The molecule has 1 rings (SSSR count). The van der Waals surface area contributed by atoms with Crippen molar-refractivity contribution in [1.29, 1.82) is 0 Å². The fourth-order valence-corrected chi connectivity index (χ4v) is 3.16. The minimum Gasteiger partial charge on any atom is -0.298 e. The van der Waals surface area contributed by atoms with Crippen molar-refractivity contribution in [3.63, 3.8) is 0 Å². The van der Waals surface area contributed by atoms with Gasteiger partial charge in [-0.1, -0.05) is 41.9 Å². The second kappa shape index (κ2) is 6.52. The van der Waals surface area contributed by atoms with Crippen LogP contribution < -0.4 is 0 Å². The summed E-state index contributed by atoms with van der Waals surface area (Å²) >= 11 is 2.39. The highest BCUT2D eigenvalue weighted by Crippen LogP contribution is 2.36. The van der Waals surface area contributed by atoms with Gasteiger partial charge in [0, 0.05) is 12.8 Å². The number of carbonyl (C=O) groups is 1. The minimum atomic E-state index is -0.0666. The van der Waals surface area contributed by atoms with Crippen molar-refractivity contribution in [3.8, 4) is 12.3 Å². The van der Waals surface area contributed by atoms with Crippen LogP contribution in [0.3, 0.4) is 0 Å². The molecule has 0 N–H and O–H groups in total. The quantitative estimate of drug-likeness (QED) is 0.253. The molecule has 1 saturated carbocycles. The van der Waals surface area contributed by atoms with Crippen molar-refractivity contribution in [2.45, 2.75) is 61.2 Å². The summed E-state index contributed by atoms with van der Waals surface area (Å²) in [7, 11) is 0. The molecule has 2 heteroatoms. The van der Waals surface area contributed by atoms with Gasteiger partial charge in [-0.05, 0) is 25.7 Å². The highest BCUT2D eigenvalue weighted by atomic mass is 127. The molecule has 0 spiro atoms. The van der Waals surface area contributed by atoms with Gasteiger partial charge in [0.15, 0.2) is 0 Å². The van der Waals surface area contributed by atoms with Crippen LogP contribution in [-0.4, -0.2) is 9.20 Å². The fraction of sp³-hybridized carbons (Fsp3) is 0.769. The zero-order valence-electron chi connectivity index (χ0n) is 9.23. The van der Waals surface area contributed by atoms with Crippen LogP contribution in [-0.2, 0) is 4.79 Å². The standard InChI is InChI=1S/C13H19IO/c1-2-3-4-7-10-13(14)11-8-5-6-9-12(13)15/h1H,3-11H2. The molecule has 0 aliphatic heterocycles. The van der Waals surface area contributed by atoms with Crippen LogP contribution in [0.2, 0.25) is 0 Å². The molecule has 0 aromatic carbocycles. The maximum Gasteiger partial charge on any atom is 0.148 e. The molecule has 0 aromatic heterocycles. The molecule has 1 atom stereocenters. The normalized spacial score (nSPS) is 27.1. The lowest BCUT2D eigenvalue weighted by atomic mass is 9.92. The van der Waals surface area contributed by atoms with E-state index in [0.717, 1.165) is 44.9 Å². The first-order valence-electron chi connectivity index (χ1n) is 5.85. The Kier molecular flexibility index (Phi) is 5.66. The monoisotopic (exact) mass is 318 g/mol. The number of Topliss-reactive ketones (excluding diaryl/α,β-unsaturated/α-hetero) is 1. The number of ketones is 1. The molecular formula is C13H19IO. The van der Waals surface area contributed by atoms with Gasteiger partial charge >= 0.3 is 0 Å². The number of alkyl halides is 1. The van der Waals surface area contributed by atoms with Gasteiger partial charge in [-0.3, -0.25) is 4.79 Å². The summed E-state index contributed by atoms with van der Waals surface area (Å²) < 4.78 is -0.0666. The Morgan fingerprint density at radius 2 is 2.13 bits per heavy atom. The number of unbranched alkanes of at least 4 members (excludes halogenated alkanes) is 2. The third kappa shape index (κ3) is 4.14. The second-order valence-corrected chi connectivity index (χ2v) is 6.43. The van der Waals surface area contributed by atoms with E-state index in [2.05, 4.69) is 28.5 Å². The molecule has 0 bridgehead atoms. The number of halogens is 1. The number of rotatable bonds is 4. The number of carbonyl (C=O) groups excluding carboxylic acids is 1. The van der Waals surface area contributed by atoms with E-state index in [1.54, 1.807) is 0 Å². The van der Waals surface area contributed by atoms with Crippen LogP contribution in [0.1, 0.15) is 57.8 Å². The zero-order valence-corrected chi connectivity index (χ0v) is 11.4. The molecule has 1 unspecified atom stereocenters. The maximum absolute atomic E-state index is 12.0. The van der Waals surface area contributed by atoms with E-state index in [9.17, 15) is 4.79 Å². The van der Waals surface area contributed by atoms with Crippen LogP contribution in [0.15, 0.2) is 0 Å². The lowest BCUT2D eigenvalue weighted by Crippen LogP contribution is -2.30. The van der Waals surface area contributed by atoms with Crippen molar-refractivity contribution in [2.24, 2.45) is 0 Å². The van der Waals surface area contributed by atoms with E-state index >= 15 is 0 Å². The molecule has 1 fully saturated rings. The molecule has 0 amide bonds. The van der Waals surface area contributed by atoms with Crippen molar-refractivity contribution < 1.29 is 4.79 Å². The summed E-state index contributed by atoms with van der Waals surface area (Å²) in [6.45, 7) is 0. The smallest absolute Gasteiger partial charge is 0.148 e. The van der Waals surface area contributed by atoms with Gasteiger partial charge in [0.1, 0.15) is 5.78 Å². The van der Waals surface area contributed by atoms with Gasteiger partial charge in [-0.15, -0.1) is 12.3 Å². The molecule has 1 aliphatic rings. The van der Waals surface area contributed by atoms with Crippen LogP contribution in [0, 0.1) is 12.3 Å². The van der Waals surface area contributed by atoms with E-state index < -0.39 is 0 Å². The van der Waals surface area contributed by atoms with Gasteiger partial charge in [0.05, 0.1) is 3.42 Å². The Hall–Kier alpha value is -0.0400. The van der Waals surface area contributed by atoms with E-state index in [1.807, 2.05) is 0 Å². The first-order chi connectivity index (χ1) is 7.19. The average Bonchev–Trinajstić information content (AvgIpc) is 2.38. The lowest BCUT2D eigenvalue weighted by Gasteiger charge is -2.24. The van der Waals surface area contributed by atoms with Crippen LogP contribution in [0.5, 0.6) is 0 Å². The summed E-state index contributed by atoms with van der Waals surface area (Å²) in [4.78, 5) is 12.0. The van der Waals surface area contributed by atoms with Crippen LogP contribution in [0.4, 0.5) is 0 Å². The molecule has 0 aromatic rings. The Morgan fingerprint density at radius 3 is 2.87 bits per heavy atom. The summed E-state index contributed by atoms with van der Waals surface area (Å²) in [6.07, 6.45) is 14.6. The highest BCUT2D eigenvalue weighted by molar-refractivity contribution is 14.1. The van der Waals surface area contributed by atoms with Gasteiger partial charge < -0.3 is 0 Å². The Balaban J connectivity index is 2.40. The van der Waals surface area contributed by atoms with Gasteiger partial charge in [0.25, 0.3) is 0 Å². The maximum atomic E-state index is 12.0. The Bertz CT molecular complexity index is 254. The summed E-state index contributed by atoms with van der Waals surface area (Å²) in [5, 5.41) is 0. The van der Waals surface area contributed by atoms with E-state index in [0.29, 0.717) is 5.78 Å². The molecule has 1 nitrogen and oxygen atoms in total. The molecule has 84 valence electrons. The van der Waals surface area contributed by atoms with E-state index in [1.165, 1.54) is 12.8 Å². The third-order valence-electron chi connectivity index (χ3n) is 3.12. The molecule has 0 radical (unpaired) electrons. The van der Waals surface area contributed by atoms with Gasteiger partial charge in [-0.25, -0.2) is 0 Å². The number of hydrogen-bond acceptors (Lipinski definition) is 1. The first kappa shape index (κ1) is 13.0. The van der Waals surface area contributed by atoms with Crippen LogP contribution >= 0.6 is 22.6 Å². The van der Waals surface area contributed by atoms with Gasteiger partial charge in [-0.2, -0.15) is 0 Å². The molecule has 1 aliphatic carbocycles. The van der Waals surface area contributed by atoms with Crippen molar-refractivity contribution in [3.05, 3.63) is 0 Å². The Morgan fingerprint density at radius 1 is 1.33 bits per heavy atom. The molecule has 15 heavy (non-hydrogen) atoms. The summed E-state index contributed by atoms with van der Waals surface area (Å²) in [6, 6.07) is 0. The Labute approximate surface area is 107 Å². The first-order valence-corrected chi connectivity index (χ1v) is 6.92. The number of hydrogen-bond donors (Lipinski definition) is 0. The summed E-state index contributed by atoms with van der Waals surface area (Å²) in [5.74, 6) is 3.13. The number of terminal acetylenes is 1. The minimum absolute atomic E-state index is 0.0666. The predicted octanol–water partition coefficient (Wildman–Crippen LogP) is 3.89. The zero-order chi connectivity index (χ0) is 11.1. The highest BCUT2D eigenvalue weighted by Gasteiger charge is 2.34. The topological polar surface area (TPSA) is 17.1 Å². The molecular weight excluding hydrogens is 299 g/mol. The average molecular weight is 318 g/mol. The van der Waals surface area contributed by atoms with E-state index in [-0.39, 0.29) is 3.42 Å².